The monoisotopic (exact) mass is 282 g/mol. The summed E-state index contributed by atoms with van der Waals surface area (Å²) in [4.78, 5) is 4.10. The molecule has 0 atom stereocenters. The summed E-state index contributed by atoms with van der Waals surface area (Å²) in [5.74, 6) is 1.12. The highest BCUT2D eigenvalue weighted by molar-refractivity contribution is 6.31. The summed E-state index contributed by atoms with van der Waals surface area (Å²) in [6.45, 7) is 2.28. The van der Waals surface area contributed by atoms with E-state index < -0.39 is 0 Å². The zero-order valence-corrected chi connectivity index (χ0v) is 11.3. The molecule has 1 aromatic carbocycles. The standard InChI is InChI=1S/C13H12Cl2N2O/c1-8-2-3-10(14)5-12(8)18-13-4-9(6-16)11(15)7-17-13/h2-5,7H,6,16H2,1H3. The Morgan fingerprint density at radius 2 is 2.06 bits per heavy atom. The van der Waals surface area contributed by atoms with Crippen molar-refractivity contribution in [2.45, 2.75) is 13.5 Å². The lowest BCUT2D eigenvalue weighted by molar-refractivity contribution is 0.459. The Hall–Kier alpha value is -1.29. The first-order valence-electron chi connectivity index (χ1n) is 5.38. The molecule has 2 aromatic rings. The Balaban J connectivity index is 2.31. The number of aryl methyl sites for hydroxylation is 1. The van der Waals surface area contributed by atoms with Crippen LogP contribution in [0.2, 0.25) is 10.0 Å². The van der Waals surface area contributed by atoms with Crippen molar-refractivity contribution in [3.8, 4) is 11.6 Å². The normalized spacial score (nSPS) is 10.4. The third-order valence-corrected chi connectivity index (χ3v) is 3.07. The number of pyridine rings is 1. The van der Waals surface area contributed by atoms with E-state index in [4.69, 9.17) is 33.7 Å². The van der Waals surface area contributed by atoms with Gasteiger partial charge in [0.25, 0.3) is 0 Å². The molecule has 0 bridgehead atoms. The number of nitrogens with zero attached hydrogens (tertiary/aromatic N) is 1. The second-order valence-electron chi connectivity index (χ2n) is 3.83. The lowest BCUT2D eigenvalue weighted by Gasteiger charge is -2.09. The van der Waals surface area contributed by atoms with E-state index in [9.17, 15) is 0 Å². The van der Waals surface area contributed by atoms with Crippen molar-refractivity contribution < 1.29 is 4.74 Å². The molecule has 2 rings (SSSR count). The summed E-state index contributed by atoms with van der Waals surface area (Å²) in [6.07, 6.45) is 1.53. The molecule has 3 nitrogen and oxygen atoms in total. The number of hydrogen-bond acceptors (Lipinski definition) is 3. The molecule has 5 heteroatoms. The predicted molar refractivity (Wildman–Crippen MR) is 73.4 cm³/mol. The van der Waals surface area contributed by atoms with Gasteiger partial charge in [0.2, 0.25) is 5.88 Å². The summed E-state index contributed by atoms with van der Waals surface area (Å²) >= 11 is 11.9. The molecule has 0 radical (unpaired) electrons. The van der Waals surface area contributed by atoms with Crippen LogP contribution in [0.4, 0.5) is 0 Å². The minimum Gasteiger partial charge on any atom is -0.439 e. The molecule has 1 heterocycles. The summed E-state index contributed by atoms with van der Waals surface area (Å²) < 4.78 is 5.68. The van der Waals surface area contributed by atoms with E-state index in [-0.39, 0.29) is 0 Å². The van der Waals surface area contributed by atoms with Gasteiger partial charge in [0.1, 0.15) is 5.75 Å². The molecular formula is C13H12Cl2N2O. The lowest BCUT2D eigenvalue weighted by atomic mass is 10.2. The van der Waals surface area contributed by atoms with Crippen LogP contribution in [0, 0.1) is 6.92 Å². The van der Waals surface area contributed by atoms with Gasteiger partial charge in [-0.2, -0.15) is 0 Å². The van der Waals surface area contributed by atoms with E-state index in [0.717, 1.165) is 11.1 Å². The first-order chi connectivity index (χ1) is 8.60. The molecule has 0 fully saturated rings. The molecule has 18 heavy (non-hydrogen) atoms. The van der Waals surface area contributed by atoms with E-state index in [0.29, 0.717) is 28.2 Å². The van der Waals surface area contributed by atoms with Crippen molar-refractivity contribution >= 4 is 23.2 Å². The molecule has 0 aliphatic heterocycles. The van der Waals surface area contributed by atoms with Crippen molar-refractivity contribution in [3.05, 3.63) is 51.6 Å². The minimum absolute atomic E-state index is 0.340. The summed E-state index contributed by atoms with van der Waals surface area (Å²) in [6, 6.07) is 7.17. The van der Waals surface area contributed by atoms with Gasteiger partial charge < -0.3 is 10.5 Å². The maximum absolute atomic E-state index is 5.94. The Bertz CT molecular complexity index is 573. The van der Waals surface area contributed by atoms with Crippen molar-refractivity contribution in [3.63, 3.8) is 0 Å². The van der Waals surface area contributed by atoms with Gasteiger partial charge >= 0.3 is 0 Å². The molecule has 0 aliphatic rings. The maximum Gasteiger partial charge on any atom is 0.219 e. The maximum atomic E-state index is 5.94. The number of rotatable bonds is 3. The van der Waals surface area contributed by atoms with Gasteiger partial charge in [-0.1, -0.05) is 29.3 Å². The molecule has 0 spiro atoms. The Labute approximate surface area is 115 Å². The van der Waals surface area contributed by atoms with Gasteiger partial charge in [-0.3, -0.25) is 0 Å². The van der Waals surface area contributed by atoms with Crippen molar-refractivity contribution in [2.75, 3.05) is 0 Å². The largest absolute Gasteiger partial charge is 0.439 e. The zero-order valence-electron chi connectivity index (χ0n) is 9.78. The Kier molecular flexibility index (Phi) is 4.07. The SMILES string of the molecule is Cc1ccc(Cl)cc1Oc1cc(CN)c(Cl)cn1. The highest BCUT2D eigenvalue weighted by atomic mass is 35.5. The molecule has 1 aromatic heterocycles. The molecule has 0 saturated carbocycles. The van der Waals surface area contributed by atoms with Crippen LogP contribution in [0.5, 0.6) is 11.6 Å². The fourth-order valence-electron chi connectivity index (χ4n) is 1.47. The van der Waals surface area contributed by atoms with Gasteiger partial charge in [-0.15, -0.1) is 0 Å². The smallest absolute Gasteiger partial charge is 0.219 e. The van der Waals surface area contributed by atoms with Crippen LogP contribution in [0.25, 0.3) is 0 Å². The van der Waals surface area contributed by atoms with Crippen molar-refractivity contribution in [2.24, 2.45) is 5.73 Å². The topological polar surface area (TPSA) is 48.1 Å². The number of halogens is 2. The molecule has 2 N–H and O–H groups in total. The second-order valence-corrected chi connectivity index (χ2v) is 4.67. The fraction of sp³-hybridized carbons (Fsp3) is 0.154. The van der Waals surface area contributed by atoms with Crippen LogP contribution >= 0.6 is 23.2 Å². The number of aromatic nitrogens is 1. The highest BCUT2D eigenvalue weighted by Crippen LogP contribution is 2.28. The van der Waals surface area contributed by atoms with Crippen LogP contribution < -0.4 is 10.5 Å². The molecular weight excluding hydrogens is 271 g/mol. The van der Waals surface area contributed by atoms with E-state index in [1.54, 1.807) is 12.1 Å². The summed E-state index contributed by atoms with van der Waals surface area (Å²) in [5.41, 5.74) is 7.35. The van der Waals surface area contributed by atoms with Gasteiger partial charge in [0.05, 0.1) is 5.02 Å². The van der Waals surface area contributed by atoms with E-state index in [2.05, 4.69) is 4.98 Å². The number of hydrogen-bond donors (Lipinski definition) is 1. The quantitative estimate of drug-likeness (QED) is 0.927. The molecule has 0 unspecified atom stereocenters. The van der Waals surface area contributed by atoms with Crippen LogP contribution in [0.1, 0.15) is 11.1 Å². The van der Waals surface area contributed by atoms with Gasteiger partial charge in [0.15, 0.2) is 0 Å². The Morgan fingerprint density at radius 1 is 1.28 bits per heavy atom. The predicted octanol–water partition coefficient (Wildman–Crippen LogP) is 3.95. The summed E-state index contributed by atoms with van der Waals surface area (Å²) in [5, 5.41) is 1.15. The van der Waals surface area contributed by atoms with Crippen LogP contribution in [0.3, 0.4) is 0 Å². The van der Waals surface area contributed by atoms with E-state index >= 15 is 0 Å². The first kappa shape index (κ1) is 13.1. The number of nitrogens with two attached hydrogens (primary N) is 1. The third kappa shape index (κ3) is 2.93. The second kappa shape index (κ2) is 5.57. The first-order valence-corrected chi connectivity index (χ1v) is 6.14. The lowest BCUT2D eigenvalue weighted by Crippen LogP contribution is -1.99. The minimum atomic E-state index is 0.340. The van der Waals surface area contributed by atoms with Crippen LogP contribution in [0.15, 0.2) is 30.5 Å². The Morgan fingerprint density at radius 3 is 2.78 bits per heavy atom. The third-order valence-electron chi connectivity index (χ3n) is 2.49. The van der Waals surface area contributed by atoms with Crippen LogP contribution in [-0.2, 0) is 6.54 Å². The fourth-order valence-corrected chi connectivity index (χ4v) is 1.81. The van der Waals surface area contributed by atoms with Gasteiger partial charge in [0, 0.05) is 23.8 Å². The molecule has 0 saturated heterocycles. The van der Waals surface area contributed by atoms with Crippen LogP contribution in [-0.4, -0.2) is 4.98 Å². The summed E-state index contributed by atoms with van der Waals surface area (Å²) in [7, 11) is 0. The van der Waals surface area contributed by atoms with E-state index in [1.165, 1.54) is 6.20 Å². The van der Waals surface area contributed by atoms with Gasteiger partial charge in [-0.05, 0) is 30.2 Å². The number of benzene rings is 1. The molecule has 0 amide bonds. The average Bonchev–Trinajstić information content (AvgIpc) is 2.36. The molecule has 0 aliphatic carbocycles. The highest BCUT2D eigenvalue weighted by Gasteiger charge is 2.06. The average molecular weight is 283 g/mol. The molecule has 94 valence electrons. The van der Waals surface area contributed by atoms with E-state index in [1.807, 2.05) is 19.1 Å². The van der Waals surface area contributed by atoms with Crippen molar-refractivity contribution in [1.82, 2.24) is 4.98 Å². The zero-order chi connectivity index (χ0) is 13.1. The number of ether oxygens (including phenoxy) is 1. The van der Waals surface area contributed by atoms with Crippen molar-refractivity contribution in [1.29, 1.82) is 0 Å². The van der Waals surface area contributed by atoms with Gasteiger partial charge in [-0.25, -0.2) is 4.98 Å².